The van der Waals surface area contributed by atoms with E-state index in [0.717, 1.165) is 87.1 Å². The monoisotopic (exact) mass is 683 g/mol. The van der Waals surface area contributed by atoms with E-state index >= 15 is 0 Å². The van der Waals surface area contributed by atoms with Gasteiger partial charge < -0.3 is 5.11 Å². The maximum absolute atomic E-state index is 11.1. The van der Waals surface area contributed by atoms with Crippen LogP contribution in [-0.2, 0) is 10.8 Å². The maximum atomic E-state index is 11.1. The van der Waals surface area contributed by atoms with E-state index in [1.807, 2.05) is 24.5 Å². The summed E-state index contributed by atoms with van der Waals surface area (Å²) in [5, 5.41) is 15.3. The average Bonchev–Trinajstić information content (AvgIpc) is 3.53. The largest absolute Gasteiger partial charge is 0.507 e. The zero-order valence-electron chi connectivity index (χ0n) is 30.2. The molecule has 5 heteroatoms. The zero-order valence-corrected chi connectivity index (χ0v) is 31.0. The molecule has 0 unspecified atom stereocenters. The first kappa shape index (κ1) is 32.8. The number of phenols is 1. The van der Waals surface area contributed by atoms with Crippen molar-refractivity contribution in [3.63, 3.8) is 0 Å². The normalized spacial score (nSPS) is 12.3. The highest BCUT2D eigenvalue weighted by Crippen LogP contribution is 2.44. The molecular formula is C46H41N3OS. The third-order valence-electron chi connectivity index (χ3n) is 9.81. The Morgan fingerprint density at radius 2 is 1.27 bits per heavy atom. The van der Waals surface area contributed by atoms with Crippen molar-refractivity contribution >= 4 is 43.2 Å². The summed E-state index contributed by atoms with van der Waals surface area (Å²) in [6, 6.07) is 36.4. The molecule has 3 heterocycles. The Hall–Kier alpha value is -5.39. The van der Waals surface area contributed by atoms with Crippen molar-refractivity contribution in [3.05, 3.63) is 132 Å². The molecule has 0 aliphatic rings. The van der Waals surface area contributed by atoms with Crippen molar-refractivity contribution in [1.82, 2.24) is 15.0 Å². The van der Waals surface area contributed by atoms with E-state index in [0.29, 0.717) is 0 Å². The lowest BCUT2D eigenvalue weighted by molar-refractivity contribution is 0.476. The summed E-state index contributed by atoms with van der Waals surface area (Å²) in [5.41, 5.74) is 12.4. The van der Waals surface area contributed by atoms with Crippen molar-refractivity contribution in [3.8, 4) is 49.8 Å². The number of hydrogen-bond acceptors (Lipinski definition) is 5. The van der Waals surface area contributed by atoms with E-state index in [1.54, 1.807) is 17.4 Å². The van der Waals surface area contributed by atoms with E-state index in [1.165, 1.54) is 5.56 Å². The molecule has 8 aromatic rings. The molecule has 0 amide bonds. The van der Waals surface area contributed by atoms with Crippen LogP contribution in [-0.4, -0.2) is 20.1 Å². The number of pyridine rings is 2. The minimum Gasteiger partial charge on any atom is -0.507 e. The van der Waals surface area contributed by atoms with Crippen molar-refractivity contribution in [2.75, 3.05) is 0 Å². The molecule has 0 aliphatic carbocycles. The molecule has 3 aromatic heterocycles. The first-order valence-electron chi connectivity index (χ1n) is 17.5. The number of aromatic hydroxyl groups is 1. The summed E-state index contributed by atoms with van der Waals surface area (Å²) in [6.45, 7) is 15.5. The second kappa shape index (κ2) is 12.1. The number of rotatable bonds is 4. The predicted molar refractivity (Wildman–Crippen MR) is 216 cm³/mol. The van der Waals surface area contributed by atoms with E-state index in [-0.39, 0.29) is 16.6 Å². The highest BCUT2D eigenvalue weighted by molar-refractivity contribution is 7.21. The van der Waals surface area contributed by atoms with E-state index < -0.39 is 0 Å². The fourth-order valence-corrected chi connectivity index (χ4v) is 8.02. The van der Waals surface area contributed by atoms with Gasteiger partial charge in [-0.3, -0.25) is 9.97 Å². The summed E-state index contributed by atoms with van der Waals surface area (Å²) in [7, 11) is 0. The molecule has 0 radical (unpaired) electrons. The third kappa shape index (κ3) is 6.06. The van der Waals surface area contributed by atoms with Crippen LogP contribution in [0.2, 0.25) is 0 Å². The van der Waals surface area contributed by atoms with Gasteiger partial charge in [-0.05, 0) is 106 Å². The molecule has 8 rings (SSSR count). The van der Waals surface area contributed by atoms with Crippen LogP contribution in [0.1, 0.15) is 58.2 Å². The molecule has 1 N–H and O–H groups in total. The van der Waals surface area contributed by atoms with Gasteiger partial charge in [-0.1, -0.05) is 90.1 Å². The second-order valence-corrected chi connectivity index (χ2v) is 16.7. The lowest BCUT2D eigenvalue weighted by Crippen LogP contribution is -2.11. The van der Waals surface area contributed by atoms with Crippen LogP contribution < -0.4 is 0 Å². The Labute approximate surface area is 303 Å². The van der Waals surface area contributed by atoms with Crippen LogP contribution in [0.15, 0.2) is 116 Å². The van der Waals surface area contributed by atoms with Crippen molar-refractivity contribution in [2.45, 2.75) is 59.3 Å². The van der Waals surface area contributed by atoms with Gasteiger partial charge in [0.2, 0.25) is 0 Å². The molecule has 0 atom stereocenters. The topological polar surface area (TPSA) is 58.9 Å². The minimum atomic E-state index is -0.0706. The number of phenolic OH excluding ortho intramolecular Hbond substituents is 1. The van der Waals surface area contributed by atoms with Gasteiger partial charge in [0, 0.05) is 39.9 Å². The minimum absolute atomic E-state index is 0.0236. The molecule has 0 spiro atoms. The number of fused-ring (bicyclic) bond motifs is 3. The summed E-state index contributed by atoms with van der Waals surface area (Å²) in [5.74, 6) is 0.232. The first-order chi connectivity index (χ1) is 24.3. The Morgan fingerprint density at radius 3 is 2.04 bits per heavy atom. The Bertz CT molecular complexity index is 2630. The highest BCUT2D eigenvalue weighted by atomic mass is 32.1. The van der Waals surface area contributed by atoms with Gasteiger partial charge in [-0.25, -0.2) is 4.98 Å². The average molecular weight is 684 g/mol. The third-order valence-corrected chi connectivity index (χ3v) is 10.8. The van der Waals surface area contributed by atoms with Gasteiger partial charge in [-0.2, -0.15) is 0 Å². The van der Waals surface area contributed by atoms with E-state index in [2.05, 4.69) is 133 Å². The van der Waals surface area contributed by atoms with Crippen LogP contribution in [0.4, 0.5) is 0 Å². The van der Waals surface area contributed by atoms with E-state index in [9.17, 15) is 5.11 Å². The molecule has 0 fully saturated rings. The molecule has 5 aromatic carbocycles. The van der Waals surface area contributed by atoms with Crippen LogP contribution >= 0.6 is 11.3 Å². The number of aryl methyl sites for hydroxylation is 1. The summed E-state index contributed by atoms with van der Waals surface area (Å²) in [6.07, 6.45) is 3.77. The molecule has 4 nitrogen and oxygen atoms in total. The Morgan fingerprint density at radius 1 is 0.569 bits per heavy atom. The van der Waals surface area contributed by atoms with Gasteiger partial charge in [-0.15, -0.1) is 11.3 Å². The molecule has 0 aliphatic heterocycles. The van der Waals surface area contributed by atoms with Crippen molar-refractivity contribution in [2.24, 2.45) is 0 Å². The van der Waals surface area contributed by atoms with Gasteiger partial charge in [0.15, 0.2) is 0 Å². The number of hydrogen-bond donors (Lipinski definition) is 1. The quantitative estimate of drug-likeness (QED) is 0.201. The van der Waals surface area contributed by atoms with Crippen LogP contribution in [0.25, 0.3) is 76.0 Å². The van der Waals surface area contributed by atoms with Crippen molar-refractivity contribution < 1.29 is 5.11 Å². The molecule has 252 valence electrons. The molecule has 0 saturated carbocycles. The van der Waals surface area contributed by atoms with Crippen LogP contribution in [0.5, 0.6) is 5.75 Å². The van der Waals surface area contributed by atoms with Crippen LogP contribution in [0.3, 0.4) is 0 Å². The standard InChI is InChI=1S/C46H41N3OS/c1-27-19-30(21-31(20-27)37-26-34(46(5,6)7)22-29-12-10-17-47-41(29)37)36-23-32(42-35-13-9-8-11-28(35)16-18-48-42)24-40-43(36)49-44(51-40)38-25-33(45(2,3)4)14-15-39(38)50/h8-26,50H,1-7H3. The maximum Gasteiger partial charge on any atom is 0.128 e. The molecule has 0 bridgehead atoms. The zero-order chi connectivity index (χ0) is 35.7. The molecule has 0 saturated heterocycles. The Balaban J connectivity index is 1.40. The first-order valence-corrected chi connectivity index (χ1v) is 18.3. The number of aromatic nitrogens is 3. The Kier molecular flexibility index (Phi) is 7.80. The fourth-order valence-electron chi connectivity index (χ4n) is 6.96. The number of benzene rings is 5. The summed E-state index contributed by atoms with van der Waals surface area (Å²) >= 11 is 1.61. The summed E-state index contributed by atoms with van der Waals surface area (Å²) < 4.78 is 1.04. The lowest BCUT2D eigenvalue weighted by atomic mass is 9.83. The van der Waals surface area contributed by atoms with Gasteiger partial charge in [0.1, 0.15) is 10.8 Å². The SMILES string of the molecule is Cc1cc(-c2cc(C(C)(C)C)cc3cccnc23)cc(-c2cc(-c3nccc4ccccc34)cc3sc(-c4cc(C(C)(C)C)ccc4O)nc23)c1. The molecule has 51 heavy (non-hydrogen) atoms. The highest BCUT2D eigenvalue weighted by Gasteiger charge is 2.22. The molecular weight excluding hydrogens is 643 g/mol. The summed E-state index contributed by atoms with van der Waals surface area (Å²) in [4.78, 5) is 15.1. The smallest absolute Gasteiger partial charge is 0.128 e. The van der Waals surface area contributed by atoms with E-state index in [4.69, 9.17) is 15.0 Å². The van der Waals surface area contributed by atoms with Crippen LogP contribution in [0, 0.1) is 6.92 Å². The number of thiazole rings is 1. The van der Waals surface area contributed by atoms with Gasteiger partial charge in [0.25, 0.3) is 0 Å². The van der Waals surface area contributed by atoms with Gasteiger partial charge >= 0.3 is 0 Å². The fraction of sp³-hybridized carbons (Fsp3) is 0.196. The van der Waals surface area contributed by atoms with Gasteiger partial charge in [0.05, 0.1) is 27.0 Å². The van der Waals surface area contributed by atoms with Crippen molar-refractivity contribution in [1.29, 1.82) is 0 Å². The predicted octanol–water partition coefficient (Wildman–Crippen LogP) is 12.7. The lowest BCUT2D eigenvalue weighted by Gasteiger charge is -2.21. The number of nitrogens with zero attached hydrogens (tertiary/aromatic N) is 3. The second-order valence-electron chi connectivity index (χ2n) is 15.7.